The van der Waals surface area contributed by atoms with Gasteiger partial charge in [0.05, 0.1) is 13.7 Å². The molecule has 158 valence electrons. The monoisotopic (exact) mass is 407 g/mol. The van der Waals surface area contributed by atoms with E-state index in [2.05, 4.69) is 61.3 Å². The SMILES string of the molecule is COc1ccc(N2CCN(Cc3nc(N)nc(NC4=CCCC(C)=C4)n3)CC2)cc1. The minimum atomic E-state index is 0.247. The molecule has 0 saturated carbocycles. The van der Waals surface area contributed by atoms with E-state index in [0.717, 1.165) is 50.5 Å². The Morgan fingerprint density at radius 3 is 2.53 bits per heavy atom. The molecule has 2 aromatic rings. The third-order valence-electron chi connectivity index (χ3n) is 5.43. The summed E-state index contributed by atoms with van der Waals surface area (Å²) < 4.78 is 5.24. The molecular weight excluding hydrogens is 378 g/mol. The summed E-state index contributed by atoms with van der Waals surface area (Å²) in [4.78, 5) is 17.9. The second-order valence-electron chi connectivity index (χ2n) is 7.71. The number of nitrogens with zero attached hydrogens (tertiary/aromatic N) is 5. The second kappa shape index (κ2) is 9.13. The van der Waals surface area contributed by atoms with E-state index in [1.807, 2.05) is 12.1 Å². The van der Waals surface area contributed by atoms with Crippen LogP contribution in [-0.4, -0.2) is 53.1 Å². The Balaban J connectivity index is 1.35. The van der Waals surface area contributed by atoms with Gasteiger partial charge < -0.3 is 20.7 Å². The van der Waals surface area contributed by atoms with Crippen LogP contribution in [0.25, 0.3) is 0 Å². The number of anilines is 3. The van der Waals surface area contributed by atoms with Crippen molar-refractivity contribution in [2.75, 3.05) is 49.2 Å². The van der Waals surface area contributed by atoms with Crippen LogP contribution < -0.4 is 20.7 Å². The quantitative estimate of drug-likeness (QED) is 0.755. The molecule has 0 amide bonds. The van der Waals surface area contributed by atoms with Crippen LogP contribution >= 0.6 is 0 Å². The van der Waals surface area contributed by atoms with Crippen molar-refractivity contribution >= 4 is 17.6 Å². The van der Waals surface area contributed by atoms with Gasteiger partial charge >= 0.3 is 0 Å². The Hall–Kier alpha value is -3.13. The van der Waals surface area contributed by atoms with Crippen molar-refractivity contribution in [2.45, 2.75) is 26.3 Å². The normalized spacial score (nSPS) is 17.3. The third kappa shape index (κ3) is 5.07. The van der Waals surface area contributed by atoms with Gasteiger partial charge in [0.2, 0.25) is 11.9 Å². The summed E-state index contributed by atoms with van der Waals surface area (Å²) in [6.07, 6.45) is 6.40. The van der Waals surface area contributed by atoms with Gasteiger partial charge in [0.15, 0.2) is 0 Å². The molecule has 4 rings (SSSR count). The zero-order valence-corrected chi connectivity index (χ0v) is 17.6. The Morgan fingerprint density at radius 1 is 1.07 bits per heavy atom. The number of ether oxygens (including phenoxy) is 1. The summed E-state index contributed by atoms with van der Waals surface area (Å²) in [5.74, 6) is 2.33. The molecule has 1 fully saturated rings. The Kier molecular flexibility index (Phi) is 6.13. The van der Waals surface area contributed by atoms with Crippen molar-refractivity contribution < 1.29 is 4.74 Å². The van der Waals surface area contributed by atoms with Crippen LogP contribution in [-0.2, 0) is 6.54 Å². The number of nitrogens with two attached hydrogens (primary N) is 1. The highest BCUT2D eigenvalue weighted by Crippen LogP contribution is 2.21. The highest BCUT2D eigenvalue weighted by Gasteiger charge is 2.19. The molecule has 0 atom stereocenters. The fourth-order valence-electron chi connectivity index (χ4n) is 3.79. The van der Waals surface area contributed by atoms with E-state index in [0.29, 0.717) is 18.3 Å². The van der Waals surface area contributed by atoms with E-state index < -0.39 is 0 Å². The number of nitrogen functional groups attached to an aromatic ring is 1. The molecule has 8 heteroatoms. The Morgan fingerprint density at radius 2 is 1.83 bits per heavy atom. The number of hydrogen-bond donors (Lipinski definition) is 2. The molecule has 0 bridgehead atoms. The van der Waals surface area contributed by atoms with Gasteiger partial charge in [-0.2, -0.15) is 15.0 Å². The van der Waals surface area contributed by atoms with Gasteiger partial charge in [-0.1, -0.05) is 11.6 Å². The number of nitrogens with one attached hydrogen (secondary N) is 1. The molecule has 3 N–H and O–H groups in total. The predicted molar refractivity (Wildman–Crippen MR) is 119 cm³/mol. The first-order valence-electron chi connectivity index (χ1n) is 10.4. The third-order valence-corrected chi connectivity index (χ3v) is 5.43. The smallest absolute Gasteiger partial charge is 0.232 e. The summed E-state index contributed by atoms with van der Waals surface area (Å²) in [5.41, 5.74) is 9.52. The minimum Gasteiger partial charge on any atom is -0.497 e. The lowest BCUT2D eigenvalue weighted by atomic mass is 10.1. The van der Waals surface area contributed by atoms with E-state index in [-0.39, 0.29) is 5.95 Å². The van der Waals surface area contributed by atoms with Crippen molar-refractivity contribution in [1.82, 2.24) is 19.9 Å². The van der Waals surface area contributed by atoms with Crippen molar-refractivity contribution in [2.24, 2.45) is 0 Å². The van der Waals surface area contributed by atoms with E-state index >= 15 is 0 Å². The standard InChI is InChI=1S/C22H29N7O/c1-16-4-3-5-17(14-16)24-22-26-20(25-21(23)27-22)15-28-10-12-29(13-11-28)18-6-8-19(30-2)9-7-18/h5-9,14H,3-4,10-13,15H2,1-2H3,(H3,23,24,25,26,27). The summed E-state index contributed by atoms with van der Waals surface area (Å²) in [5, 5.41) is 3.27. The number of rotatable bonds is 6. The highest BCUT2D eigenvalue weighted by molar-refractivity contribution is 5.49. The largest absolute Gasteiger partial charge is 0.497 e. The summed E-state index contributed by atoms with van der Waals surface area (Å²) in [7, 11) is 1.69. The molecule has 30 heavy (non-hydrogen) atoms. The number of benzene rings is 1. The van der Waals surface area contributed by atoms with Crippen molar-refractivity contribution in [1.29, 1.82) is 0 Å². The maximum Gasteiger partial charge on any atom is 0.232 e. The van der Waals surface area contributed by atoms with Crippen LogP contribution in [0.3, 0.4) is 0 Å². The predicted octanol–water partition coefficient (Wildman–Crippen LogP) is 2.82. The lowest BCUT2D eigenvalue weighted by molar-refractivity contribution is 0.244. The topological polar surface area (TPSA) is 92.4 Å². The second-order valence-corrected chi connectivity index (χ2v) is 7.71. The Labute approximate surface area is 177 Å². The lowest BCUT2D eigenvalue weighted by Crippen LogP contribution is -2.46. The van der Waals surface area contributed by atoms with E-state index in [9.17, 15) is 0 Å². The first kappa shape index (κ1) is 20.2. The molecule has 1 aromatic carbocycles. The lowest BCUT2D eigenvalue weighted by Gasteiger charge is -2.35. The molecular formula is C22H29N7O. The molecule has 8 nitrogen and oxygen atoms in total. The number of methoxy groups -OCH3 is 1. The average Bonchev–Trinajstić information content (AvgIpc) is 2.74. The fourth-order valence-corrected chi connectivity index (χ4v) is 3.79. The van der Waals surface area contributed by atoms with E-state index in [4.69, 9.17) is 10.5 Å². The van der Waals surface area contributed by atoms with Crippen molar-refractivity contribution in [3.8, 4) is 5.75 Å². The summed E-state index contributed by atoms with van der Waals surface area (Å²) >= 11 is 0. The van der Waals surface area contributed by atoms with Crippen LogP contribution in [0.2, 0.25) is 0 Å². The van der Waals surface area contributed by atoms with Crippen molar-refractivity contribution in [3.05, 3.63) is 53.5 Å². The first-order valence-corrected chi connectivity index (χ1v) is 10.4. The molecule has 2 aliphatic rings. The molecule has 1 saturated heterocycles. The minimum absolute atomic E-state index is 0.247. The maximum absolute atomic E-state index is 5.94. The number of hydrogen-bond acceptors (Lipinski definition) is 8. The number of piperazine rings is 1. The number of aromatic nitrogens is 3. The van der Waals surface area contributed by atoms with Gasteiger partial charge in [-0.3, -0.25) is 4.90 Å². The van der Waals surface area contributed by atoms with Gasteiger partial charge in [0.25, 0.3) is 0 Å². The molecule has 0 radical (unpaired) electrons. The summed E-state index contributed by atoms with van der Waals surface area (Å²) in [6, 6.07) is 8.22. The van der Waals surface area contributed by atoms with Crippen LogP contribution in [0.4, 0.5) is 17.6 Å². The molecule has 0 spiro atoms. The molecule has 0 unspecified atom stereocenters. The van der Waals surface area contributed by atoms with E-state index in [1.165, 1.54) is 11.3 Å². The molecule has 2 heterocycles. The van der Waals surface area contributed by atoms with Gasteiger partial charge in [-0.05, 0) is 50.1 Å². The van der Waals surface area contributed by atoms with Gasteiger partial charge in [0, 0.05) is 37.6 Å². The van der Waals surface area contributed by atoms with Crippen LogP contribution in [0.15, 0.2) is 47.7 Å². The van der Waals surface area contributed by atoms with Gasteiger partial charge in [0.1, 0.15) is 11.6 Å². The fraction of sp³-hybridized carbons (Fsp3) is 0.409. The molecule has 1 aliphatic carbocycles. The van der Waals surface area contributed by atoms with Crippen LogP contribution in [0, 0.1) is 0 Å². The Bertz CT molecular complexity index is 931. The van der Waals surface area contributed by atoms with Crippen LogP contribution in [0.1, 0.15) is 25.6 Å². The molecule has 1 aromatic heterocycles. The zero-order valence-electron chi connectivity index (χ0n) is 17.6. The molecule has 1 aliphatic heterocycles. The van der Waals surface area contributed by atoms with Crippen molar-refractivity contribution in [3.63, 3.8) is 0 Å². The van der Waals surface area contributed by atoms with Crippen LogP contribution in [0.5, 0.6) is 5.75 Å². The highest BCUT2D eigenvalue weighted by atomic mass is 16.5. The van der Waals surface area contributed by atoms with E-state index in [1.54, 1.807) is 7.11 Å². The van der Waals surface area contributed by atoms with Gasteiger partial charge in [-0.15, -0.1) is 0 Å². The first-order chi connectivity index (χ1) is 14.6. The summed E-state index contributed by atoms with van der Waals surface area (Å²) in [6.45, 7) is 6.57. The maximum atomic E-state index is 5.94. The number of allylic oxidation sites excluding steroid dienone is 3. The zero-order chi connectivity index (χ0) is 20.9. The average molecular weight is 408 g/mol. The van der Waals surface area contributed by atoms with Gasteiger partial charge in [-0.25, -0.2) is 0 Å².